The number of aryl methyl sites for hydroxylation is 3. The van der Waals surface area contributed by atoms with Crippen molar-refractivity contribution in [3.8, 4) is 0 Å². The van der Waals surface area contributed by atoms with Gasteiger partial charge < -0.3 is 4.57 Å². The highest BCUT2D eigenvalue weighted by molar-refractivity contribution is 5.81. The average Bonchev–Trinajstić information content (AvgIpc) is 3.08. The Bertz CT molecular complexity index is 996. The molecule has 0 atom stereocenters. The van der Waals surface area contributed by atoms with E-state index in [2.05, 4.69) is 93.5 Å². The SMILES string of the molecule is C=C(C)C.C=C(C)C1CCC1.C=c1/c(=C\C)ccn1CCCC.CN=Cc1cc(C)ccc1C. The quantitative estimate of drug-likeness (QED) is 0.319. The van der Waals surface area contributed by atoms with Crippen LogP contribution in [0.3, 0.4) is 0 Å². The van der Waals surface area contributed by atoms with Crippen LogP contribution in [0.25, 0.3) is 12.7 Å². The van der Waals surface area contributed by atoms with E-state index in [1.165, 1.54) is 65.2 Å². The van der Waals surface area contributed by atoms with Crippen LogP contribution >= 0.6 is 0 Å². The van der Waals surface area contributed by atoms with Gasteiger partial charge in [0, 0.05) is 31.4 Å². The first-order valence-corrected chi connectivity index (χ1v) is 12.6. The van der Waals surface area contributed by atoms with Crippen LogP contribution in [0, 0.1) is 19.8 Å². The third-order valence-corrected chi connectivity index (χ3v) is 5.68. The van der Waals surface area contributed by atoms with E-state index in [9.17, 15) is 0 Å². The first-order chi connectivity index (χ1) is 16.1. The Labute approximate surface area is 210 Å². The molecule has 1 aromatic carbocycles. The molecule has 0 N–H and O–H groups in total. The van der Waals surface area contributed by atoms with Gasteiger partial charge in [-0.3, -0.25) is 4.99 Å². The molecule has 0 bridgehead atoms. The van der Waals surface area contributed by atoms with Crippen LogP contribution < -0.4 is 10.6 Å². The number of aromatic nitrogens is 1. The topological polar surface area (TPSA) is 17.3 Å². The number of hydrogen-bond donors (Lipinski definition) is 0. The van der Waals surface area contributed by atoms with Crippen molar-refractivity contribution in [1.29, 1.82) is 0 Å². The van der Waals surface area contributed by atoms with Crippen molar-refractivity contribution in [1.82, 2.24) is 4.57 Å². The normalized spacial score (nSPS) is 13.0. The van der Waals surface area contributed by atoms with Crippen molar-refractivity contribution in [2.45, 2.75) is 87.1 Å². The molecule has 0 spiro atoms. The maximum Gasteiger partial charge on any atom is 0.0403 e. The second-order valence-electron chi connectivity index (χ2n) is 9.48. The van der Waals surface area contributed by atoms with E-state index in [1.54, 1.807) is 7.05 Å². The van der Waals surface area contributed by atoms with Gasteiger partial charge in [0.05, 0.1) is 0 Å². The second kappa shape index (κ2) is 17.8. The smallest absolute Gasteiger partial charge is 0.0403 e. The van der Waals surface area contributed by atoms with Crippen LogP contribution in [-0.2, 0) is 6.54 Å². The highest BCUT2D eigenvalue weighted by atomic mass is 14.9. The van der Waals surface area contributed by atoms with Crippen LogP contribution in [0.15, 0.2) is 59.8 Å². The van der Waals surface area contributed by atoms with E-state index < -0.39 is 0 Å². The lowest BCUT2D eigenvalue weighted by Crippen LogP contribution is -2.26. The highest BCUT2D eigenvalue weighted by Crippen LogP contribution is 2.31. The molecule has 0 saturated heterocycles. The minimum atomic E-state index is 0.889. The summed E-state index contributed by atoms with van der Waals surface area (Å²) in [5.41, 5.74) is 6.32. The molecule has 1 fully saturated rings. The van der Waals surface area contributed by atoms with E-state index in [1.807, 2.05) is 27.0 Å². The summed E-state index contributed by atoms with van der Waals surface area (Å²) < 4.78 is 2.22. The Hall–Kier alpha value is -2.61. The van der Waals surface area contributed by atoms with Gasteiger partial charge in [0.2, 0.25) is 0 Å². The molecule has 0 amide bonds. The van der Waals surface area contributed by atoms with Gasteiger partial charge in [0.1, 0.15) is 0 Å². The molecular weight excluding hydrogens is 412 g/mol. The van der Waals surface area contributed by atoms with Crippen molar-refractivity contribution in [2.75, 3.05) is 7.05 Å². The zero-order valence-corrected chi connectivity index (χ0v) is 23.4. The number of unbranched alkanes of at least 4 members (excludes halogenated alkanes) is 1. The minimum absolute atomic E-state index is 0.889. The summed E-state index contributed by atoms with van der Waals surface area (Å²) >= 11 is 0. The standard InChI is InChI=1S/C11H17N.C10H13N.C7H12.C4H8/c1-4-6-8-12-9-7-11(5-2)10(12)3;1-8-4-5-9(2)10(6-8)7-11-3;1-6(2)7-4-3-5-7;1-4(2)3/h5,7,9H,3-4,6,8H2,1-2H3;4-7H,1-3H3;7H,1,3-5H2,2H3;1H2,2-3H3/b11-5-;;;. The summed E-state index contributed by atoms with van der Waals surface area (Å²) in [6.07, 6.45) is 12.8. The third-order valence-electron chi connectivity index (χ3n) is 5.68. The summed E-state index contributed by atoms with van der Waals surface area (Å²) in [5, 5.41) is 2.40. The third kappa shape index (κ3) is 13.2. The fourth-order valence-corrected chi connectivity index (χ4v) is 3.26. The second-order valence-corrected chi connectivity index (χ2v) is 9.48. The minimum Gasteiger partial charge on any atom is -0.348 e. The first kappa shape index (κ1) is 31.4. The Balaban J connectivity index is 0.000000456. The van der Waals surface area contributed by atoms with Crippen LogP contribution in [0.1, 0.15) is 83.4 Å². The maximum absolute atomic E-state index is 4.04. The van der Waals surface area contributed by atoms with Gasteiger partial charge in [-0.05, 0) is 89.1 Å². The van der Waals surface area contributed by atoms with E-state index >= 15 is 0 Å². The fourth-order valence-electron chi connectivity index (χ4n) is 3.26. The molecule has 34 heavy (non-hydrogen) atoms. The molecule has 0 aliphatic heterocycles. The molecule has 0 radical (unpaired) electrons. The molecule has 188 valence electrons. The number of nitrogens with zero attached hydrogens (tertiary/aromatic N) is 2. The lowest BCUT2D eigenvalue weighted by atomic mass is 9.81. The molecule has 2 heteroatoms. The molecule has 2 nitrogen and oxygen atoms in total. The van der Waals surface area contributed by atoms with Gasteiger partial charge in [-0.1, -0.05) is 73.9 Å². The number of aliphatic imine (C=N–C) groups is 1. The van der Waals surface area contributed by atoms with Gasteiger partial charge >= 0.3 is 0 Å². The Morgan fingerprint density at radius 2 is 1.74 bits per heavy atom. The largest absolute Gasteiger partial charge is 0.348 e. The first-order valence-electron chi connectivity index (χ1n) is 12.6. The summed E-state index contributed by atoms with van der Waals surface area (Å²) in [4.78, 5) is 3.98. The molecular formula is C32H50N2. The number of rotatable bonds is 5. The summed E-state index contributed by atoms with van der Waals surface area (Å²) in [5.74, 6) is 0.889. The predicted molar refractivity (Wildman–Crippen MR) is 156 cm³/mol. The number of allylic oxidation sites excluding steroid dienone is 2. The lowest BCUT2D eigenvalue weighted by molar-refractivity contribution is 0.369. The molecule has 1 aromatic heterocycles. The number of benzene rings is 1. The van der Waals surface area contributed by atoms with Gasteiger partial charge in [0.15, 0.2) is 0 Å². The summed E-state index contributed by atoms with van der Waals surface area (Å²) in [6, 6.07) is 8.50. The predicted octanol–water partition coefficient (Wildman–Crippen LogP) is 7.80. The summed E-state index contributed by atoms with van der Waals surface area (Å²) in [6.45, 7) is 27.1. The maximum atomic E-state index is 4.04. The molecule has 2 aromatic rings. The van der Waals surface area contributed by atoms with Crippen molar-refractivity contribution >= 4 is 18.9 Å². The van der Waals surface area contributed by atoms with Crippen molar-refractivity contribution in [3.05, 3.63) is 82.0 Å². The molecule has 1 aliphatic rings. The van der Waals surface area contributed by atoms with E-state index in [0.717, 1.165) is 17.8 Å². The highest BCUT2D eigenvalue weighted by Gasteiger charge is 2.16. The van der Waals surface area contributed by atoms with Gasteiger partial charge in [0.25, 0.3) is 0 Å². The Morgan fingerprint density at radius 1 is 1.12 bits per heavy atom. The van der Waals surface area contributed by atoms with E-state index in [-0.39, 0.29) is 0 Å². The van der Waals surface area contributed by atoms with Crippen molar-refractivity contribution in [2.24, 2.45) is 10.9 Å². The van der Waals surface area contributed by atoms with Gasteiger partial charge in [-0.25, -0.2) is 0 Å². The molecule has 1 heterocycles. The van der Waals surface area contributed by atoms with Crippen molar-refractivity contribution in [3.63, 3.8) is 0 Å². The zero-order valence-electron chi connectivity index (χ0n) is 23.4. The van der Waals surface area contributed by atoms with Crippen LogP contribution in [0.2, 0.25) is 0 Å². The van der Waals surface area contributed by atoms with Crippen molar-refractivity contribution < 1.29 is 0 Å². The van der Waals surface area contributed by atoms with Crippen LogP contribution in [0.5, 0.6) is 0 Å². The van der Waals surface area contributed by atoms with Gasteiger partial charge in [-0.15, -0.1) is 6.58 Å². The number of hydrogen-bond acceptors (Lipinski definition) is 1. The lowest BCUT2D eigenvalue weighted by Gasteiger charge is -2.25. The van der Waals surface area contributed by atoms with E-state index in [0.29, 0.717) is 0 Å². The van der Waals surface area contributed by atoms with Gasteiger partial charge in [-0.2, -0.15) is 0 Å². The molecule has 3 rings (SSSR count). The average molecular weight is 463 g/mol. The molecule has 0 unspecified atom stereocenters. The van der Waals surface area contributed by atoms with Crippen LogP contribution in [-0.4, -0.2) is 17.8 Å². The fraction of sp³-hybridized carbons (Fsp3) is 0.469. The Morgan fingerprint density at radius 3 is 2.12 bits per heavy atom. The molecule has 1 saturated carbocycles. The monoisotopic (exact) mass is 462 g/mol. The molecule has 1 aliphatic carbocycles. The Kier molecular flexibility index (Phi) is 16.4. The summed E-state index contributed by atoms with van der Waals surface area (Å²) in [7, 11) is 1.79. The zero-order chi connectivity index (χ0) is 26.1. The van der Waals surface area contributed by atoms with Crippen LogP contribution in [0.4, 0.5) is 0 Å². The van der Waals surface area contributed by atoms with E-state index in [4.69, 9.17) is 0 Å².